The number of rotatable bonds is 5. The summed E-state index contributed by atoms with van der Waals surface area (Å²) >= 11 is 6.12. The number of ether oxygens (including phenoxy) is 1. The van der Waals surface area contributed by atoms with Gasteiger partial charge in [-0.15, -0.1) is 0 Å². The molecular weight excluding hydrogens is 316 g/mol. The first-order valence-corrected chi connectivity index (χ1v) is 8.27. The van der Waals surface area contributed by atoms with E-state index in [1.54, 1.807) is 11.9 Å². The summed E-state index contributed by atoms with van der Waals surface area (Å²) in [5, 5.41) is 10.6. The van der Waals surface area contributed by atoms with Crippen molar-refractivity contribution in [2.45, 2.75) is 19.4 Å². The van der Waals surface area contributed by atoms with Crippen molar-refractivity contribution in [2.75, 3.05) is 40.3 Å². The van der Waals surface area contributed by atoms with Crippen LogP contribution in [0.5, 0.6) is 5.75 Å². The van der Waals surface area contributed by atoms with Gasteiger partial charge in [-0.2, -0.15) is 0 Å². The second kappa shape index (κ2) is 7.99. The lowest BCUT2D eigenvalue weighted by Gasteiger charge is -2.35. The Labute approximate surface area is 142 Å². The standard InChI is InChI=1S/C17H25ClN2O3/c1-12-4-5-16(14(18)10-12)23-9-8-20(3)17(22)13-11-19(2)7-6-15(13)21/h4-5,10,13,15,21H,6-9,11H2,1-3H3/t13-,15-/m1/s1. The van der Waals surface area contributed by atoms with E-state index in [1.807, 2.05) is 32.2 Å². The van der Waals surface area contributed by atoms with E-state index < -0.39 is 6.10 Å². The molecule has 0 unspecified atom stereocenters. The summed E-state index contributed by atoms with van der Waals surface area (Å²) in [4.78, 5) is 16.2. The predicted octanol–water partition coefficient (Wildman–Crippen LogP) is 1.80. The van der Waals surface area contributed by atoms with Gasteiger partial charge in [-0.05, 0) is 38.1 Å². The zero-order valence-electron chi connectivity index (χ0n) is 14.0. The fourth-order valence-electron chi connectivity index (χ4n) is 2.75. The van der Waals surface area contributed by atoms with Gasteiger partial charge in [0, 0.05) is 20.1 Å². The summed E-state index contributed by atoms with van der Waals surface area (Å²) in [5.41, 5.74) is 1.07. The van der Waals surface area contributed by atoms with Crippen LogP contribution >= 0.6 is 11.6 Å². The molecule has 1 aromatic rings. The summed E-state index contributed by atoms with van der Waals surface area (Å²) < 4.78 is 5.65. The lowest BCUT2D eigenvalue weighted by Crippen LogP contribution is -2.49. The third kappa shape index (κ3) is 4.83. The molecule has 1 aliphatic heterocycles. The van der Waals surface area contributed by atoms with Gasteiger partial charge in [0.25, 0.3) is 0 Å². The monoisotopic (exact) mass is 340 g/mol. The van der Waals surface area contributed by atoms with Crippen molar-refractivity contribution in [3.05, 3.63) is 28.8 Å². The van der Waals surface area contributed by atoms with Gasteiger partial charge in [0.15, 0.2) is 0 Å². The molecule has 1 amide bonds. The van der Waals surface area contributed by atoms with Crippen molar-refractivity contribution in [1.82, 2.24) is 9.80 Å². The van der Waals surface area contributed by atoms with Gasteiger partial charge in [-0.1, -0.05) is 17.7 Å². The van der Waals surface area contributed by atoms with Crippen molar-refractivity contribution in [2.24, 2.45) is 5.92 Å². The molecule has 1 aromatic carbocycles. The number of piperidine rings is 1. The van der Waals surface area contributed by atoms with E-state index in [4.69, 9.17) is 16.3 Å². The largest absolute Gasteiger partial charge is 0.490 e. The summed E-state index contributed by atoms with van der Waals surface area (Å²) in [6.07, 6.45) is 0.0737. The number of aliphatic hydroxyl groups is 1. The third-order valence-corrected chi connectivity index (χ3v) is 4.54. The lowest BCUT2D eigenvalue weighted by molar-refractivity contribution is -0.141. The van der Waals surface area contributed by atoms with Gasteiger partial charge in [0.05, 0.1) is 23.6 Å². The molecule has 0 saturated carbocycles. The van der Waals surface area contributed by atoms with Crippen molar-refractivity contribution in [1.29, 1.82) is 0 Å². The Morgan fingerprint density at radius 2 is 2.26 bits per heavy atom. The van der Waals surface area contributed by atoms with Crippen LogP contribution in [0.1, 0.15) is 12.0 Å². The summed E-state index contributed by atoms with van der Waals surface area (Å²) in [7, 11) is 3.71. The molecule has 1 aliphatic rings. The van der Waals surface area contributed by atoms with Crippen molar-refractivity contribution in [3.63, 3.8) is 0 Å². The Kier molecular flexibility index (Phi) is 6.27. The minimum Gasteiger partial charge on any atom is -0.490 e. The molecular formula is C17H25ClN2O3. The smallest absolute Gasteiger partial charge is 0.229 e. The van der Waals surface area contributed by atoms with E-state index in [2.05, 4.69) is 4.90 Å². The van der Waals surface area contributed by atoms with Crippen molar-refractivity contribution < 1.29 is 14.6 Å². The fourth-order valence-corrected chi connectivity index (χ4v) is 3.04. The molecule has 2 atom stereocenters. The molecule has 0 radical (unpaired) electrons. The number of carbonyl (C=O) groups is 1. The van der Waals surface area contributed by atoms with Crippen LogP contribution in [0.4, 0.5) is 0 Å². The van der Waals surface area contributed by atoms with Gasteiger partial charge in [0.2, 0.25) is 5.91 Å². The zero-order valence-corrected chi connectivity index (χ0v) is 14.7. The highest BCUT2D eigenvalue weighted by molar-refractivity contribution is 6.32. The highest BCUT2D eigenvalue weighted by Gasteiger charge is 2.33. The zero-order chi connectivity index (χ0) is 17.0. The highest BCUT2D eigenvalue weighted by atomic mass is 35.5. The molecule has 0 bridgehead atoms. The molecule has 1 heterocycles. The van der Waals surface area contributed by atoms with Gasteiger partial charge < -0.3 is 19.6 Å². The van der Waals surface area contributed by atoms with Gasteiger partial charge in [0.1, 0.15) is 12.4 Å². The molecule has 1 saturated heterocycles. The number of halogens is 1. The topological polar surface area (TPSA) is 53.0 Å². The predicted molar refractivity (Wildman–Crippen MR) is 90.9 cm³/mol. The van der Waals surface area contributed by atoms with Crippen LogP contribution in [-0.4, -0.2) is 67.3 Å². The second-order valence-corrected chi connectivity index (χ2v) is 6.67. The van der Waals surface area contributed by atoms with E-state index in [0.29, 0.717) is 36.9 Å². The first-order chi connectivity index (χ1) is 10.9. The van der Waals surface area contributed by atoms with E-state index in [0.717, 1.165) is 12.1 Å². The number of nitrogens with zero attached hydrogens (tertiary/aromatic N) is 2. The molecule has 128 valence electrons. The normalized spacial score (nSPS) is 22.0. The van der Waals surface area contributed by atoms with Crippen LogP contribution in [-0.2, 0) is 4.79 Å². The third-order valence-electron chi connectivity index (χ3n) is 4.24. The van der Waals surface area contributed by atoms with Crippen LogP contribution in [0.3, 0.4) is 0 Å². The van der Waals surface area contributed by atoms with Gasteiger partial charge >= 0.3 is 0 Å². The number of likely N-dealkylation sites (N-methyl/N-ethyl adjacent to an activating group) is 1. The molecule has 0 spiro atoms. The van der Waals surface area contributed by atoms with Crippen LogP contribution in [0.25, 0.3) is 0 Å². The summed E-state index contributed by atoms with van der Waals surface area (Å²) in [6, 6.07) is 5.61. The Morgan fingerprint density at radius 3 is 2.96 bits per heavy atom. The minimum atomic E-state index is -0.561. The molecule has 0 aliphatic carbocycles. The summed E-state index contributed by atoms with van der Waals surface area (Å²) in [6.45, 7) is 4.20. The molecule has 0 aromatic heterocycles. The quantitative estimate of drug-likeness (QED) is 0.888. The average Bonchev–Trinajstić information content (AvgIpc) is 2.51. The number of hydrogen-bond acceptors (Lipinski definition) is 4. The Hall–Kier alpha value is -1.30. The molecule has 2 rings (SSSR count). The SMILES string of the molecule is Cc1ccc(OCCN(C)C(=O)[C@@H]2CN(C)CC[C@H]2O)c(Cl)c1. The van der Waals surface area contributed by atoms with Crippen LogP contribution in [0.15, 0.2) is 18.2 Å². The Morgan fingerprint density at radius 1 is 1.52 bits per heavy atom. The van der Waals surface area contributed by atoms with Gasteiger partial charge in [-0.3, -0.25) is 4.79 Å². The average molecular weight is 341 g/mol. The summed E-state index contributed by atoms with van der Waals surface area (Å²) in [5.74, 6) is 0.222. The number of aryl methyl sites for hydroxylation is 1. The minimum absolute atomic E-state index is 0.0392. The highest BCUT2D eigenvalue weighted by Crippen LogP contribution is 2.25. The number of aliphatic hydroxyl groups excluding tert-OH is 1. The van der Waals surface area contributed by atoms with Crippen LogP contribution < -0.4 is 4.74 Å². The van der Waals surface area contributed by atoms with Gasteiger partial charge in [-0.25, -0.2) is 0 Å². The van der Waals surface area contributed by atoms with E-state index >= 15 is 0 Å². The number of amides is 1. The fraction of sp³-hybridized carbons (Fsp3) is 0.588. The molecule has 1 fully saturated rings. The van der Waals surface area contributed by atoms with Crippen LogP contribution in [0.2, 0.25) is 5.02 Å². The first-order valence-electron chi connectivity index (χ1n) is 7.89. The van der Waals surface area contributed by atoms with Crippen LogP contribution in [0, 0.1) is 12.8 Å². The lowest BCUT2D eigenvalue weighted by atomic mass is 9.94. The maximum atomic E-state index is 12.5. The number of hydrogen-bond donors (Lipinski definition) is 1. The van der Waals surface area contributed by atoms with E-state index in [9.17, 15) is 9.90 Å². The first kappa shape index (κ1) is 18.0. The second-order valence-electron chi connectivity index (χ2n) is 6.27. The van der Waals surface area contributed by atoms with Crippen molar-refractivity contribution >= 4 is 17.5 Å². The molecule has 1 N–H and O–H groups in total. The number of benzene rings is 1. The Bertz CT molecular complexity index is 553. The number of likely N-dealkylation sites (tertiary alicyclic amines) is 1. The van der Waals surface area contributed by atoms with E-state index in [-0.39, 0.29) is 11.8 Å². The maximum Gasteiger partial charge on any atom is 0.229 e. The molecule has 23 heavy (non-hydrogen) atoms. The maximum absolute atomic E-state index is 12.5. The number of carbonyl (C=O) groups excluding carboxylic acids is 1. The molecule has 6 heteroatoms. The van der Waals surface area contributed by atoms with Crippen molar-refractivity contribution in [3.8, 4) is 5.75 Å². The van der Waals surface area contributed by atoms with E-state index in [1.165, 1.54) is 0 Å². The Balaban J connectivity index is 1.84. The molecule has 5 nitrogen and oxygen atoms in total.